The molecule has 0 aliphatic carbocycles. The summed E-state index contributed by atoms with van der Waals surface area (Å²) in [7, 11) is 0. The van der Waals surface area contributed by atoms with Crippen molar-refractivity contribution in [3.63, 3.8) is 0 Å². The first-order valence-corrected chi connectivity index (χ1v) is 5.93. The molecular weight excluding hydrogens is 206 g/mol. The van der Waals surface area contributed by atoms with E-state index in [4.69, 9.17) is 5.73 Å². The van der Waals surface area contributed by atoms with E-state index in [9.17, 15) is 0 Å². The molecule has 0 amide bonds. The van der Waals surface area contributed by atoms with Crippen molar-refractivity contribution in [2.24, 2.45) is 5.73 Å². The zero-order valence-electron chi connectivity index (χ0n) is 9.85. The van der Waals surface area contributed by atoms with E-state index in [1.165, 1.54) is 27.1 Å². The summed E-state index contributed by atoms with van der Waals surface area (Å²) >= 11 is 0. The molecule has 0 aliphatic rings. The van der Waals surface area contributed by atoms with Gasteiger partial charge in [-0.1, -0.05) is 48.5 Å². The summed E-state index contributed by atoms with van der Waals surface area (Å²) in [5, 5.41) is 5.12. The molecule has 3 aromatic rings. The average Bonchev–Trinajstić information content (AvgIpc) is 2.37. The Labute approximate surface area is 101 Å². The van der Waals surface area contributed by atoms with Gasteiger partial charge in [-0.3, -0.25) is 0 Å². The molecule has 0 heterocycles. The van der Waals surface area contributed by atoms with Gasteiger partial charge in [-0.25, -0.2) is 0 Å². The number of rotatable bonds is 1. The van der Waals surface area contributed by atoms with Gasteiger partial charge < -0.3 is 5.73 Å². The third kappa shape index (κ3) is 1.60. The minimum Gasteiger partial charge on any atom is -0.324 e. The fourth-order valence-electron chi connectivity index (χ4n) is 2.46. The van der Waals surface area contributed by atoms with E-state index in [0.29, 0.717) is 0 Å². The number of fused-ring (bicyclic) bond motifs is 3. The highest BCUT2D eigenvalue weighted by Gasteiger charge is 2.08. The first-order valence-electron chi connectivity index (χ1n) is 5.93. The van der Waals surface area contributed by atoms with Crippen LogP contribution in [0.2, 0.25) is 0 Å². The van der Waals surface area contributed by atoms with Gasteiger partial charge in [0, 0.05) is 6.04 Å². The zero-order valence-corrected chi connectivity index (χ0v) is 9.85. The number of hydrogen-bond donors (Lipinski definition) is 1. The summed E-state index contributed by atoms with van der Waals surface area (Å²) < 4.78 is 0. The molecule has 17 heavy (non-hydrogen) atoms. The van der Waals surface area contributed by atoms with E-state index >= 15 is 0 Å². The quantitative estimate of drug-likeness (QED) is 0.617. The standard InChI is InChI=1S/C16H15N/c1-11(17)16-10-12-6-2-3-7-13(12)14-8-4-5-9-15(14)16/h2-11H,17H2,1H3/t11-/m0/s1. The Kier molecular flexibility index (Phi) is 2.34. The second-order valence-corrected chi connectivity index (χ2v) is 4.52. The van der Waals surface area contributed by atoms with E-state index < -0.39 is 0 Å². The Morgan fingerprint density at radius 3 is 2.12 bits per heavy atom. The number of nitrogens with two attached hydrogens (primary N) is 1. The predicted molar refractivity (Wildman–Crippen MR) is 74.1 cm³/mol. The van der Waals surface area contributed by atoms with Gasteiger partial charge in [-0.15, -0.1) is 0 Å². The topological polar surface area (TPSA) is 26.0 Å². The van der Waals surface area contributed by atoms with Gasteiger partial charge in [-0.05, 0) is 40.1 Å². The van der Waals surface area contributed by atoms with Crippen LogP contribution in [0.3, 0.4) is 0 Å². The van der Waals surface area contributed by atoms with Crippen molar-refractivity contribution in [1.29, 1.82) is 0 Å². The van der Waals surface area contributed by atoms with E-state index in [0.717, 1.165) is 0 Å². The molecule has 2 N–H and O–H groups in total. The summed E-state index contributed by atoms with van der Waals surface area (Å²) in [6.45, 7) is 2.04. The molecule has 0 spiro atoms. The fourth-order valence-corrected chi connectivity index (χ4v) is 2.46. The van der Waals surface area contributed by atoms with Crippen LogP contribution in [0, 0.1) is 0 Å². The molecule has 1 atom stereocenters. The first-order chi connectivity index (χ1) is 8.27. The number of hydrogen-bond acceptors (Lipinski definition) is 1. The molecule has 3 rings (SSSR count). The second-order valence-electron chi connectivity index (χ2n) is 4.52. The van der Waals surface area contributed by atoms with E-state index in [1.54, 1.807) is 0 Å². The first kappa shape index (κ1) is 10.3. The normalized spacial score (nSPS) is 13.1. The smallest absolute Gasteiger partial charge is 0.0272 e. The lowest BCUT2D eigenvalue weighted by Gasteiger charge is -2.13. The molecule has 1 heteroatoms. The molecule has 0 saturated carbocycles. The average molecular weight is 221 g/mol. The van der Waals surface area contributed by atoms with Crippen LogP contribution < -0.4 is 5.73 Å². The van der Waals surface area contributed by atoms with Crippen LogP contribution in [-0.4, -0.2) is 0 Å². The molecular formula is C16H15N. The van der Waals surface area contributed by atoms with E-state index in [-0.39, 0.29) is 6.04 Å². The van der Waals surface area contributed by atoms with E-state index in [1.807, 2.05) is 6.92 Å². The summed E-state index contributed by atoms with van der Waals surface area (Å²) in [4.78, 5) is 0. The Bertz CT molecular complexity index is 683. The molecule has 0 radical (unpaired) electrons. The van der Waals surface area contributed by atoms with Gasteiger partial charge in [0.15, 0.2) is 0 Å². The van der Waals surface area contributed by atoms with Gasteiger partial charge in [0.2, 0.25) is 0 Å². The van der Waals surface area contributed by atoms with Crippen molar-refractivity contribution in [2.45, 2.75) is 13.0 Å². The maximum absolute atomic E-state index is 6.07. The summed E-state index contributed by atoms with van der Waals surface area (Å²) in [6.07, 6.45) is 0. The van der Waals surface area contributed by atoms with Crippen molar-refractivity contribution >= 4 is 21.5 Å². The molecule has 3 aromatic carbocycles. The zero-order chi connectivity index (χ0) is 11.8. The van der Waals surface area contributed by atoms with Crippen molar-refractivity contribution in [1.82, 2.24) is 0 Å². The fraction of sp³-hybridized carbons (Fsp3) is 0.125. The van der Waals surface area contributed by atoms with Crippen LogP contribution >= 0.6 is 0 Å². The molecule has 0 unspecified atom stereocenters. The lowest BCUT2D eigenvalue weighted by atomic mass is 9.94. The van der Waals surface area contributed by atoms with Crippen molar-refractivity contribution < 1.29 is 0 Å². The van der Waals surface area contributed by atoms with Gasteiger partial charge in [0.05, 0.1) is 0 Å². The molecule has 0 aliphatic heterocycles. The van der Waals surface area contributed by atoms with Crippen LogP contribution in [0.15, 0.2) is 54.6 Å². The minimum absolute atomic E-state index is 0.0597. The molecule has 0 fully saturated rings. The predicted octanol–water partition coefficient (Wildman–Crippen LogP) is 4.01. The van der Waals surface area contributed by atoms with Crippen molar-refractivity contribution in [3.8, 4) is 0 Å². The Morgan fingerprint density at radius 1 is 0.824 bits per heavy atom. The summed E-state index contributed by atoms with van der Waals surface area (Å²) in [6, 6.07) is 19.2. The highest BCUT2D eigenvalue weighted by molar-refractivity contribution is 6.09. The Balaban J connectivity index is 2.55. The van der Waals surface area contributed by atoms with E-state index in [2.05, 4.69) is 54.6 Å². The van der Waals surface area contributed by atoms with Crippen LogP contribution in [-0.2, 0) is 0 Å². The van der Waals surface area contributed by atoms with Crippen LogP contribution in [0.1, 0.15) is 18.5 Å². The van der Waals surface area contributed by atoms with Crippen LogP contribution in [0.4, 0.5) is 0 Å². The summed E-state index contributed by atoms with van der Waals surface area (Å²) in [5.41, 5.74) is 7.29. The SMILES string of the molecule is C[C@H](N)c1cc2ccccc2c2ccccc12. The lowest BCUT2D eigenvalue weighted by molar-refractivity contribution is 0.828. The molecule has 0 saturated heterocycles. The van der Waals surface area contributed by atoms with Crippen LogP contribution in [0.25, 0.3) is 21.5 Å². The minimum atomic E-state index is 0.0597. The molecule has 84 valence electrons. The monoisotopic (exact) mass is 221 g/mol. The van der Waals surface area contributed by atoms with Gasteiger partial charge in [-0.2, -0.15) is 0 Å². The third-order valence-corrected chi connectivity index (χ3v) is 3.29. The molecule has 0 aromatic heterocycles. The van der Waals surface area contributed by atoms with Gasteiger partial charge in [0.1, 0.15) is 0 Å². The maximum Gasteiger partial charge on any atom is 0.0272 e. The molecule has 1 nitrogen and oxygen atoms in total. The second kappa shape index (κ2) is 3.86. The largest absolute Gasteiger partial charge is 0.324 e. The Morgan fingerprint density at radius 2 is 1.41 bits per heavy atom. The molecule has 0 bridgehead atoms. The van der Waals surface area contributed by atoms with Crippen molar-refractivity contribution in [3.05, 3.63) is 60.2 Å². The lowest BCUT2D eigenvalue weighted by Crippen LogP contribution is -2.05. The summed E-state index contributed by atoms with van der Waals surface area (Å²) in [5.74, 6) is 0. The maximum atomic E-state index is 6.07. The van der Waals surface area contributed by atoms with Crippen LogP contribution in [0.5, 0.6) is 0 Å². The highest BCUT2D eigenvalue weighted by atomic mass is 14.6. The number of benzene rings is 3. The highest BCUT2D eigenvalue weighted by Crippen LogP contribution is 2.30. The van der Waals surface area contributed by atoms with Crippen molar-refractivity contribution in [2.75, 3.05) is 0 Å². The third-order valence-electron chi connectivity index (χ3n) is 3.29. The van der Waals surface area contributed by atoms with Gasteiger partial charge >= 0.3 is 0 Å². The van der Waals surface area contributed by atoms with Gasteiger partial charge in [0.25, 0.3) is 0 Å². The Hall–Kier alpha value is -1.86.